The van der Waals surface area contributed by atoms with E-state index in [2.05, 4.69) is 70.4 Å². The molecule has 3 heteroatoms. The van der Waals surface area contributed by atoms with Gasteiger partial charge in [0.05, 0.1) is 0 Å². The molecule has 0 saturated carbocycles. The molecule has 0 atom stereocenters. The van der Waals surface area contributed by atoms with Gasteiger partial charge in [-0.15, -0.1) is 0 Å². The van der Waals surface area contributed by atoms with Crippen molar-refractivity contribution in [3.8, 4) is 11.3 Å². The number of nitrogen functional groups attached to an aromatic ring is 1. The third kappa shape index (κ3) is 2.58. The lowest BCUT2D eigenvalue weighted by Gasteiger charge is -2.22. The lowest BCUT2D eigenvalue weighted by molar-refractivity contribution is 0.473. The van der Waals surface area contributed by atoms with Crippen molar-refractivity contribution < 1.29 is 0 Å². The maximum Gasteiger partial charge on any atom is 0.131 e. The van der Waals surface area contributed by atoms with Gasteiger partial charge >= 0.3 is 0 Å². The number of nitrogens with two attached hydrogens (primary N) is 1. The summed E-state index contributed by atoms with van der Waals surface area (Å²) in [5.74, 6) is 1.80. The molecular weight excluding hydrogens is 246 g/mol. The van der Waals surface area contributed by atoms with Crippen molar-refractivity contribution in [2.75, 3.05) is 5.73 Å². The topological polar surface area (TPSA) is 43.8 Å². The van der Waals surface area contributed by atoms with E-state index >= 15 is 0 Å². The molecule has 0 unspecified atom stereocenters. The molecule has 0 spiro atoms. The van der Waals surface area contributed by atoms with Gasteiger partial charge in [-0.1, -0.05) is 44.5 Å². The van der Waals surface area contributed by atoms with Crippen molar-refractivity contribution in [2.24, 2.45) is 0 Å². The maximum atomic E-state index is 6.38. The molecule has 0 amide bonds. The van der Waals surface area contributed by atoms with E-state index in [9.17, 15) is 0 Å². The van der Waals surface area contributed by atoms with Crippen LogP contribution in [0.4, 0.5) is 5.82 Å². The predicted octanol–water partition coefficient (Wildman–Crippen LogP) is 4.32. The van der Waals surface area contributed by atoms with Crippen LogP contribution >= 0.6 is 0 Å². The fourth-order valence-electron chi connectivity index (χ4n) is 2.50. The molecule has 0 radical (unpaired) electrons. The number of imidazole rings is 1. The standard InChI is InChI=1S/C17H25N3/c1-11(2)20-15(18)14(19-16(20)17(4,5)6)13-9-7-8-12(3)10-13/h7-11H,18H2,1-6H3. The predicted molar refractivity (Wildman–Crippen MR) is 85.9 cm³/mol. The molecule has 0 fully saturated rings. The molecule has 2 N–H and O–H groups in total. The Morgan fingerprint density at radius 2 is 1.85 bits per heavy atom. The zero-order chi connectivity index (χ0) is 15.1. The van der Waals surface area contributed by atoms with Gasteiger partial charge in [-0.25, -0.2) is 4.98 Å². The van der Waals surface area contributed by atoms with Gasteiger partial charge in [-0.2, -0.15) is 0 Å². The summed E-state index contributed by atoms with van der Waals surface area (Å²) in [6.07, 6.45) is 0. The molecule has 0 aliphatic carbocycles. The summed E-state index contributed by atoms with van der Waals surface area (Å²) < 4.78 is 2.15. The highest BCUT2D eigenvalue weighted by Gasteiger charge is 2.26. The van der Waals surface area contributed by atoms with E-state index in [4.69, 9.17) is 10.7 Å². The first-order chi connectivity index (χ1) is 9.21. The van der Waals surface area contributed by atoms with Crippen LogP contribution in [0.1, 0.15) is 52.0 Å². The average molecular weight is 271 g/mol. The number of hydrogen-bond acceptors (Lipinski definition) is 2. The number of anilines is 1. The van der Waals surface area contributed by atoms with Gasteiger partial charge in [-0.3, -0.25) is 0 Å². The van der Waals surface area contributed by atoms with Crippen molar-refractivity contribution >= 4 is 5.82 Å². The molecule has 0 aliphatic rings. The fraction of sp³-hybridized carbons (Fsp3) is 0.471. The van der Waals surface area contributed by atoms with Crippen LogP contribution in [0.15, 0.2) is 24.3 Å². The molecule has 0 bridgehead atoms. The molecule has 1 aromatic carbocycles. The number of aryl methyl sites for hydroxylation is 1. The Labute approximate surface area is 121 Å². The van der Waals surface area contributed by atoms with Crippen LogP contribution in [-0.4, -0.2) is 9.55 Å². The van der Waals surface area contributed by atoms with Crippen LogP contribution < -0.4 is 5.73 Å². The molecule has 0 aliphatic heterocycles. The second-order valence-electron chi connectivity index (χ2n) is 6.75. The number of hydrogen-bond donors (Lipinski definition) is 1. The average Bonchev–Trinajstić information content (AvgIpc) is 2.66. The summed E-state index contributed by atoms with van der Waals surface area (Å²) in [5, 5.41) is 0. The second kappa shape index (κ2) is 4.97. The zero-order valence-electron chi connectivity index (χ0n) is 13.4. The smallest absolute Gasteiger partial charge is 0.131 e. The van der Waals surface area contributed by atoms with Gasteiger partial charge in [0, 0.05) is 17.0 Å². The van der Waals surface area contributed by atoms with Crippen molar-refractivity contribution in [2.45, 2.75) is 53.0 Å². The zero-order valence-corrected chi connectivity index (χ0v) is 13.4. The molecule has 3 nitrogen and oxygen atoms in total. The van der Waals surface area contributed by atoms with Crippen LogP contribution in [0.25, 0.3) is 11.3 Å². The Kier molecular flexibility index (Phi) is 3.63. The van der Waals surface area contributed by atoms with E-state index < -0.39 is 0 Å². The third-order valence-electron chi connectivity index (χ3n) is 3.43. The molecule has 108 valence electrons. The number of aromatic nitrogens is 2. The maximum absolute atomic E-state index is 6.38. The molecule has 1 aromatic heterocycles. The van der Waals surface area contributed by atoms with Crippen LogP contribution in [0.5, 0.6) is 0 Å². The molecular formula is C17H25N3. The third-order valence-corrected chi connectivity index (χ3v) is 3.43. The quantitative estimate of drug-likeness (QED) is 0.884. The lowest BCUT2D eigenvalue weighted by atomic mass is 9.95. The van der Waals surface area contributed by atoms with Gasteiger partial charge in [0.25, 0.3) is 0 Å². The number of benzene rings is 1. The summed E-state index contributed by atoms with van der Waals surface area (Å²) in [5.41, 5.74) is 9.56. The molecule has 2 aromatic rings. The Bertz CT molecular complexity index is 616. The van der Waals surface area contributed by atoms with E-state index in [1.807, 2.05) is 0 Å². The summed E-state index contributed by atoms with van der Waals surface area (Å²) in [6.45, 7) is 12.9. The Balaban J connectivity index is 2.68. The Hall–Kier alpha value is -1.77. The number of nitrogens with zero attached hydrogens (tertiary/aromatic N) is 2. The minimum atomic E-state index is -0.0273. The highest BCUT2D eigenvalue weighted by molar-refractivity contribution is 5.71. The monoisotopic (exact) mass is 271 g/mol. The van der Waals surface area contributed by atoms with Crippen molar-refractivity contribution in [3.63, 3.8) is 0 Å². The Morgan fingerprint density at radius 1 is 1.20 bits per heavy atom. The largest absolute Gasteiger partial charge is 0.383 e. The van der Waals surface area contributed by atoms with E-state index in [-0.39, 0.29) is 5.41 Å². The first-order valence-electron chi connectivity index (χ1n) is 7.17. The first-order valence-corrected chi connectivity index (χ1v) is 7.17. The van der Waals surface area contributed by atoms with Crippen LogP contribution in [0.2, 0.25) is 0 Å². The van der Waals surface area contributed by atoms with Gasteiger partial charge in [0.15, 0.2) is 0 Å². The van der Waals surface area contributed by atoms with Crippen LogP contribution in [0.3, 0.4) is 0 Å². The molecule has 2 rings (SSSR count). The normalized spacial score (nSPS) is 12.2. The summed E-state index contributed by atoms with van der Waals surface area (Å²) in [4.78, 5) is 4.85. The SMILES string of the molecule is Cc1cccc(-c2nc(C(C)(C)C)n(C(C)C)c2N)c1. The van der Waals surface area contributed by atoms with E-state index in [1.54, 1.807) is 0 Å². The highest BCUT2D eigenvalue weighted by Crippen LogP contribution is 2.34. The fourth-order valence-corrected chi connectivity index (χ4v) is 2.50. The molecule has 0 saturated heterocycles. The summed E-state index contributed by atoms with van der Waals surface area (Å²) in [7, 11) is 0. The van der Waals surface area contributed by atoms with E-state index in [0.29, 0.717) is 6.04 Å². The first kappa shape index (κ1) is 14.6. The lowest BCUT2D eigenvalue weighted by Crippen LogP contribution is -2.21. The van der Waals surface area contributed by atoms with Crippen molar-refractivity contribution in [1.29, 1.82) is 0 Å². The van der Waals surface area contributed by atoms with Gasteiger partial charge < -0.3 is 10.3 Å². The van der Waals surface area contributed by atoms with E-state index in [0.717, 1.165) is 22.9 Å². The molecule has 20 heavy (non-hydrogen) atoms. The minimum Gasteiger partial charge on any atom is -0.383 e. The van der Waals surface area contributed by atoms with Crippen LogP contribution in [-0.2, 0) is 5.41 Å². The van der Waals surface area contributed by atoms with Gasteiger partial charge in [-0.05, 0) is 26.8 Å². The summed E-state index contributed by atoms with van der Waals surface area (Å²) >= 11 is 0. The second-order valence-corrected chi connectivity index (χ2v) is 6.75. The Morgan fingerprint density at radius 3 is 2.30 bits per heavy atom. The minimum absolute atomic E-state index is 0.0273. The number of rotatable bonds is 2. The molecule has 1 heterocycles. The van der Waals surface area contributed by atoms with Gasteiger partial charge in [0.2, 0.25) is 0 Å². The van der Waals surface area contributed by atoms with Crippen molar-refractivity contribution in [1.82, 2.24) is 9.55 Å². The summed E-state index contributed by atoms with van der Waals surface area (Å²) in [6, 6.07) is 8.65. The van der Waals surface area contributed by atoms with Crippen LogP contribution in [0, 0.1) is 6.92 Å². The highest BCUT2D eigenvalue weighted by atomic mass is 15.2. The van der Waals surface area contributed by atoms with E-state index in [1.165, 1.54) is 5.56 Å². The van der Waals surface area contributed by atoms with Crippen molar-refractivity contribution in [3.05, 3.63) is 35.7 Å². The van der Waals surface area contributed by atoms with Gasteiger partial charge in [0.1, 0.15) is 17.3 Å².